The molecule has 1 unspecified atom stereocenters. The third-order valence-electron chi connectivity index (χ3n) is 1.21. The zero-order valence-electron chi connectivity index (χ0n) is 5.82. The molecule has 1 atom stereocenters. The van der Waals surface area contributed by atoms with Crippen LogP contribution in [0.15, 0.2) is 25.3 Å². The third kappa shape index (κ3) is 3.45. The second kappa shape index (κ2) is 5.23. The Labute approximate surface area is 63.2 Å². The number of rotatable bonds is 5. The van der Waals surface area contributed by atoms with Crippen molar-refractivity contribution in [2.75, 3.05) is 0 Å². The minimum atomic E-state index is -2.34. The van der Waals surface area contributed by atoms with Gasteiger partial charge in [-0.25, -0.2) is 8.42 Å². The summed E-state index contributed by atoms with van der Waals surface area (Å²) in [5.74, 6) is 0. The zero-order chi connectivity index (χ0) is 7.98. The second-order valence-electron chi connectivity index (χ2n) is 1.95. The molecule has 2 nitrogen and oxygen atoms in total. The van der Waals surface area contributed by atoms with E-state index in [1.165, 1.54) is 6.08 Å². The van der Waals surface area contributed by atoms with Gasteiger partial charge in [0.15, 0.2) is 0 Å². The minimum absolute atomic E-state index is 0.381. The normalized spacial score (nSPS) is 12.9. The number of thiol groups is 1. The van der Waals surface area contributed by atoms with E-state index >= 15 is 0 Å². The summed E-state index contributed by atoms with van der Waals surface area (Å²) in [4.78, 5) is 0. The van der Waals surface area contributed by atoms with Crippen LogP contribution in [0.4, 0.5) is 0 Å². The highest BCUT2D eigenvalue weighted by atomic mass is 32.2. The fourth-order valence-corrected chi connectivity index (χ4v) is 1.13. The lowest BCUT2D eigenvalue weighted by atomic mass is 10.2. The van der Waals surface area contributed by atoms with Crippen LogP contribution in [0.1, 0.15) is 12.8 Å². The molecule has 0 aliphatic heterocycles. The molecule has 0 saturated heterocycles. The molecule has 0 spiro atoms. The van der Waals surface area contributed by atoms with E-state index in [0.29, 0.717) is 6.42 Å². The summed E-state index contributed by atoms with van der Waals surface area (Å²) >= 11 is 0. The van der Waals surface area contributed by atoms with Crippen molar-refractivity contribution in [2.24, 2.45) is 0 Å². The van der Waals surface area contributed by atoms with Gasteiger partial charge >= 0.3 is 0 Å². The molecular formula is C7H12O2S. The van der Waals surface area contributed by atoms with Gasteiger partial charge in [-0.3, -0.25) is 0 Å². The van der Waals surface area contributed by atoms with Gasteiger partial charge in [0, 0.05) is 0 Å². The van der Waals surface area contributed by atoms with E-state index < -0.39 is 10.7 Å². The van der Waals surface area contributed by atoms with Crippen LogP contribution in [0.3, 0.4) is 0 Å². The molecule has 0 radical (unpaired) electrons. The summed E-state index contributed by atoms with van der Waals surface area (Å²) in [7, 11) is -2.34. The summed E-state index contributed by atoms with van der Waals surface area (Å²) < 4.78 is 20.7. The van der Waals surface area contributed by atoms with Crippen LogP contribution in [0, 0.1) is 0 Å². The molecule has 0 aliphatic carbocycles. The molecule has 0 N–H and O–H groups in total. The number of hydrogen-bond donors (Lipinski definition) is 1. The van der Waals surface area contributed by atoms with Crippen LogP contribution in [-0.4, -0.2) is 13.7 Å². The molecule has 0 aromatic heterocycles. The van der Waals surface area contributed by atoms with Gasteiger partial charge in [-0.15, -0.1) is 13.2 Å². The first-order chi connectivity index (χ1) is 4.72. The molecule has 10 heavy (non-hydrogen) atoms. The Bertz CT molecular complexity index is 174. The predicted octanol–water partition coefficient (Wildman–Crippen LogP) is 1.12. The van der Waals surface area contributed by atoms with Crippen LogP contribution in [0.5, 0.6) is 0 Å². The van der Waals surface area contributed by atoms with Crippen molar-refractivity contribution in [1.29, 1.82) is 0 Å². The summed E-state index contributed by atoms with van der Waals surface area (Å²) in [5, 5.41) is -0.381. The third-order valence-corrected chi connectivity index (χ3v) is 2.22. The SMILES string of the molecule is C=CCCC(C=C)[SH](=O)=O. The average molecular weight is 160 g/mol. The molecule has 0 amide bonds. The molecule has 0 saturated carbocycles. The molecule has 0 aromatic rings. The van der Waals surface area contributed by atoms with E-state index in [1.54, 1.807) is 6.08 Å². The monoisotopic (exact) mass is 160 g/mol. The molecule has 3 heteroatoms. The van der Waals surface area contributed by atoms with Gasteiger partial charge in [-0.1, -0.05) is 12.2 Å². The number of hydrogen-bond acceptors (Lipinski definition) is 2. The maximum atomic E-state index is 10.4. The largest absolute Gasteiger partial charge is 0.231 e. The Morgan fingerprint density at radius 2 is 2.00 bits per heavy atom. The Morgan fingerprint density at radius 1 is 1.40 bits per heavy atom. The first-order valence-electron chi connectivity index (χ1n) is 3.09. The molecule has 58 valence electrons. The number of allylic oxidation sites excluding steroid dienone is 1. The van der Waals surface area contributed by atoms with Gasteiger partial charge in [0.05, 0.1) is 5.25 Å². The minimum Gasteiger partial charge on any atom is -0.231 e. The Hall–Kier alpha value is -0.570. The highest BCUT2D eigenvalue weighted by Crippen LogP contribution is 2.01. The molecule has 0 bridgehead atoms. The lowest BCUT2D eigenvalue weighted by Crippen LogP contribution is -2.04. The van der Waals surface area contributed by atoms with Gasteiger partial charge in [0.2, 0.25) is 0 Å². The topological polar surface area (TPSA) is 34.1 Å². The molecule has 0 aromatic carbocycles. The van der Waals surface area contributed by atoms with Crippen molar-refractivity contribution in [1.82, 2.24) is 0 Å². The Balaban J connectivity index is 3.83. The van der Waals surface area contributed by atoms with E-state index in [9.17, 15) is 8.42 Å². The van der Waals surface area contributed by atoms with Crippen LogP contribution in [0.25, 0.3) is 0 Å². The molecule has 0 fully saturated rings. The van der Waals surface area contributed by atoms with Crippen molar-refractivity contribution in [3.8, 4) is 0 Å². The fraction of sp³-hybridized carbons (Fsp3) is 0.429. The van der Waals surface area contributed by atoms with Crippen molar-refractivity contribution in [3.05, 3.63) is 25.3 Å². The van der Waals surface area contributed by atoms with E-state index in [1.807, 2.05) is 0 Å². The summed E-state index contributed by atoms with van der Waals surface area (Å²) in [5.41, 5.74) is 0. The first kappa shape index (κ1) is 9.43. The van der Waals surface area contributed by atoms with E-state index in [0.717, 1.165) is 6.42 Å². The lowest BCUT2D eigenvalue weighted by molar-refractivity contribution is 0.604. The van der Waals surface area contributed by atoms with Crippen molar-refractivity contribution in [3.63, 3.8) is 0 Å². The van der Waals surface area contributed by atoms with E-state index in [4.69, 9.17) is 0 Å². The average Bonchev–Trinajstić information content (AvgIpc) is 1.89. The van der Waals surface area contributed by atoms with Crippen LogP contribution >= 0.6 is 0 Å². The Morgan fingerprint density at radius 3 is 2.30 bits per heavy atom. The van der Waals surface area contributed by atoms with Crippen LogP contribution in [0.2, 0.25) is 0 Å². The van der Waals surface area contributed by atoms with Gasteiger partial charge < -0.3 is 0 Å². The Kier molecular flexibility index (Phi) is 4.94. The van der Waals surface area contributed by atoms with Crippen LogP contribution < -0.4 is 0 Å². The van der Waals surface area contributed by atoms with Crippen molar-refractivity contribution >= 4 is 10.7 Å². The van der Waals surface area contributed by atoms with Crippen molar-refractivity contribution in [2.45, 2.75) is 18.1 Å². The van der Waals surface area contributed by atoms with E-state index in [2.05, 4.69) is 13.2 Å². The van der Waals surface area contributed by atoms with Gasteiger partial charge in [-0.05, 0) is 12.8 Å². The maximum absolute atomic E-state index is 10.4. The lowest BCUT2D eigenvalue weighted by Gasteiger charge is -1.99. The second-order valence-corrected chi connectivity index (χ2v) is 3.19. The summed E-state index contributed by atoms with van der Waals surface area (Å²) in [6, 6.07) is 0. The smallest absolute Gasteiger partial charge is 0.146 e. The van der Waals surface area contributed by atoms with E-state index in [-0.39, 0.29) is 5.25 Å². The maximum Gasteiger partial charge on any atom is 0.146 e. The highest BCUT2D eigenvalue weighted by Gasteiger charge is 2.03. The molecule has 0 aliphatic rings. The van der Waals surface area contributed by atoms with Gasteiger partial charge in [0.1, 0.15) is 10.7 Å². The molecule has 0 heterocycles. The standard InChI is InChI=1S/C7H12O2S/c1-3-5-6-7(4-2)10(8)9/h3-4,7,10H,1-2,5-6H2. The first-order valence-corrected chi connectivity index (χ1v) is 4.34. The fourth-order valence-electron chi connectivity index (χ4n) is 0.598. The van der Waals surface area contributed by atoms with Crippen molar-refractivity contribution < 1.29 is 8.42 Å². The summed E-state index contributed by atoms with van der Waals surface area (Å²) in [6.07, 6.45) is 4.48. The van der Waals surface area contributed by atoms with Gasteiger partial charge in [0.25, 0.3) is 0 Å². The summed E-state index contributed by atoms with van der Waals surface area (Å²) in [6.45, 7) is 6.91. The molecular weight excluding hydrogens is 148 g/mol. The van der Waals surface area contributed by atoms with Gasteiger partial charge in [-0.2, -0.15) is 0 Å². The molecule has 0 rings (SSSR count). The quantitative estimate of drug-likeness (QED) is 0.483. The highest BCUT2D eigenvalue weighted by molar-refractivity contribution is 7.73. The van der Waals surface area contributed by atoms with Crippen LogP contribution in [-0.2, 0) is 10.7 Å². The zero-order valence-corrected chi connectivity index (χ0v) is 6.72. The predicted molar refractivity (Wildman–Crippen MR) is 43.7 cm³/mol.